The zero-order chi connectivity index (χ0) is 19.4. The number of carbonyl (C=O) groups is 3. The van der Waals surface area contributed by atoms with Crippen molar-refractivity contribution in [1.82, 2.24) is 10.2 Å². The van der Waals surface area contributed by atoms with E-state index in [2.05, 4.69) is 14.8 Å². The number of carbonyl (C=O) groups excluding carboxylic acids is 3. The Morgan fingerprint density at radius 1 is 1.00 bits per heavy atom. The van der Waals surface area contributed by atoms with Crippen LogP contribution in [0, 0.1) is 0 Å². The minimum absolute atomic E-state index is 0.438. The summed E-state index contributed by atoms with van der Waals surface area (Å²) in [5.41, 5.74) is 0. The van der Waals surface area contributed by atoms with Gasteiger partial charge in [-0.1, -0.05) is 0 Å². The number of amides is 1. The van der Waals surface area contributed by atoms with Gasteiger partial charge in [0.05, 0.1) is 27.3 Å². The van der Waals surface area contributed by atoms with Gasteiger partial charge in [-0.2, -0.15) is 0 Å². The lowest BCUT2D eigenvalue weighted by Gasteiger charge is -2.19. The van der Waals surface area contributed by atoms with Crippen LogP contribution in [-0.2, 0) is 23.9 Å². The monoisotopic (exact) mass is 372 g/mol. The minimum atomic E-state index is -3.00. The molecule has 0 aromatic carbocycles. The second kappa shape index (κ2) is 7.98. The number of likely N-dealkylation sites (tertiary alicyclic amines) is 1. The first-order chi connectivity index (χ1) is 11.4. The number of hydrogen-bond acceptors (Lipinski definition) is 6. The fourth-order valence-corrected chi connectivity index (χ4v) is 2.52. The molecule has 0 unspecified atom stereocenters. The minimum Gasteiger partial charge on any atom is -0.468 e. The summed E-state index contributed by atoms with van der Waals surface area (Å²) in [4.78, 5) is 33.5. The molecule has 25 heavy (non-hydrogen) atoms. The first-order valence-corrected chi connectivity index (χ1v) is 7.34. The average molecular weight is 372 g/mol. The molecule has 0 radical (unpaired) electrons. The second-order valence-corrected chi connectivity index (χ2v) is 5.76. The number of rotatable bonds is 2. The predicted molar refractivity (Wildman–Crippen MR) is 76.1 cm³/mol. The lowest BCUT2D eigenvalue weighted by atomic mass is 10.2. The molecule has 144 valence electrons. The molecule has 0 spiro atoms. The summed E-state index contributed by atoms with van der Waals surface area (Å²) in [6, 6.07) is -1.98. The van der Waals surface area contributed by atoms with Gasteiger partial charge in [-0.25, -0.2) is 22.4 Å². The Labute approximate surface area is 141 Å². The Hall–Kier alpha value is -1.91. The van der Waals surface area contributed by atoms with Crippen molar-refractivity contribution in [2.24, 2.45) is 0 Å². The van der Waals surface area contributed by atoms with E-state index in [0.717, 1.165) is 18.9 Å². The summed E-state index contributed by atoms with van der Waals surface area (Å²) < 4.78 is 59.3. The molecule has 11 heteroatoms. The molecular formula is C14H20F4N2O5. The third kappa shape index (κ3) is 5.83. The number of methoxy groups -OCH3 is 2. The van der Waals surface area contributed by atoms with Gasteiger partial charge >= 0.3 is 11.9 Å². The summed E-state index contributed by atoms with van der Waals surface area (Å²) in [6.07, 6.45) is -1.11. The summed E-state index contributed by atoms with van der Waals surface area (Å²) in [5.74, 6) is -7.72. The molecule has 2 atom stereocenters. The molecule has 0 aromatic rings. The molecule has 2 aliphatic heterocycles. The van der Waals surface area contributed by atoms with Gasteiger partial charge in [0.1, 0.15) is 12.1 Å². The van der Waals surface area contributed by atoms with Crippen molar-refractivity contribution in [1.29, 1.82) is 0 Å². The lowest BCUT2D eigenvalue weighted by molar-refractivity contribution is -0.150. The molecule has 7 nitrogen and oxygen atoms in total. The van der Waals surface area contributed by atoms with Crippen molar-refractivity contribution in [2.45, 2.75) is 43.7 Å². The van der Waals surface area contributed by atoms with E-state index in [1.54, 1.807) is 0 Å². The Kier molecular flexibility index (Phi) is 6.75. The third-order valence-corrected chi connectivity index (χ3v) is 3.74. The van der Waals surface area contributed by atoms with Gasteiger partial charge < -0.3 is 14.4 Å². The van der Waals surface area contributed by atoms with Gasteiger partial charge in [0, 0.05) is 19.8 Å². The van der Waals surface area contributed by atoms with E-state index in [1.807, 2.05) is 0 Å². The number of nitrogens with one attached hydrogen (secondary N) is 1. The van der Waals surface area contributed by atoms with Crippen molar-refractivity contribution in [2.75, 3.05) is 27.3 Å². The highest BCUT2D eigenvalue weighted by Crippen LogP contribution is 2.32. The maximum absolute atomic E-state index is 12.9. The van der Waals surface area contributed by atoms with Crippen LogP contribution in [0.4, 0.5) is 17.6 Å². The Balaban J connectivity index is 0.000000257. The van der Waals surface area contributed by atoms with E-state index in [-0.39, 0.29) is 0 Å². The first-order valence-electron chi connectivity index (χ1n) is 7.34. The maximum Gasteiger partial charge on any atom is 0.328 e. The number of nitrogens with zero attached hydrogens (tertiary/aromatic N) is 1. The Bertz CT molecular complexity index is 529. The van der Waals surface area contributed by atoms with Crippen molar-refractivity contribution < 1.29 is 41.4 Å². The first kappa shape index (κ1) is 21.1. The molecule has 0 aromatic heterocycles. The molecule has 2 heterocycles. The van der Waals surface area contributed by atoms with E-state index in [0.29, 0.717) is 0 Å². The molecular weight excluding hydrogens is 352 g/mol. The number of esters is 2. The molecule has 2 saturated heterocycles. The summed E-state index contributed by atoms with van der Waals surface area (Å²) in [6.45, 7) is 0.00616. The normalized spacial score (nSPS) is 26.4. The maximum atomic E-state index is 12.9. The molecule has 1 N–H and O–H groups in total. The fraction of sp³-hybridized carbons (Fsp3) is 0.786. The van der Waals surface area contributed by atoms with E-state index in [1.165, 1.54) is 7.11 Å². The van der Waals surface area contributed by atoms with Crippen LogP contribution in [0.3, 0.4) is 0 Å². The predicted octanol–water partition coefficient (Wildman–Crippen LogP) is 0.572. The zero-order valence-corrected chi connectivity index (χ0v) is 14.0. The molecule has 2 fully saturated rings. The van der Waals surface area contributed by atoms with Crippen LogP contribution in [0.5, 0.6) is 0 Å². The highest BCUT2D eigenvalue weighted by molar-refractivity contribution is 5.84. The third-order valence-electron chi connectivity index (χ3n) is 3.74. The average Bonchev–Trinajstić information content (AvgIpc) is 3.05. The smallest absolute Gasteiger partial charge is 0.328 e. The van der Waals surface area contributed by atoms with E-state index >= 15 is 0 Å². The van der Waals surface area contributed by atoms with Gasteiger partial charge in [0.15, 0.2) is 0 Å². The quantitative estimate of drug-likeness (QED) is 0.564. The lowest BCUT2D eigenvalue weighted by Crippen LogP contribution is -2.40. The SMILES string of the molecule is COC(=O)[C@@H]1CC(F)(F)CN1.COC(=O)[C@@H]1CC(F)(F)CN1C(C)=O. The van der Waals surface area contributed by atoms with Gasteiger partial charge in [0.25, 0.3) is 11.8 Å². The summed E-state index contributed by atoms with van der Waals surface area (Å²) in [7, 11) is 2.29. The molecule has 2 aliphatic rings. The van der Waals surface area contributed by atoms with Crippen LogP contribution in [0.1, 0.15) is 19.8 Å². The molecule has 0 aliphatic carbocycles. The van der Waals surface area contributed by atoms with Gasteiger partial charge in [0.2, 0.25) is 5.91 Å². The highest BCUT2D eigenvalue weighted by Gasteiger charge is 2.49. The van der Waals surface area contributed by atoms with Gasteiger partial charge in [-0.3, -0.25) is 14.9 Å². The van der Waals surface area contributed by atoms with Crippen molar-refractivity contribution >= 4 is 17.8 Å². The second-order valence-electron chi connectivity index (χ2n) is 5.76. The number of ether oxygens (including phenoxy) is 2. The van der Waals surface area contributed by atoms with Crippen LogP contribution in [-0.4, -0.2) is 74.0 Å². The van der Waals surface area contributed by atoms with Crippen molar-refractivity contribution in [3.63, 3.8) is 0 Å². The van der Waals surface area contributed by atoms with Crippen LogP contribution in [0.25, 0.3) is 0 Å². The highest BCUT2D eigenvalue weighted by atomic mass is 19.3. The van der Waals surface area contributed by atoms with E-state index < -0.39 is 67.7 Å². The van der Waals surface area contributed by atoms with Gasteiger partial charge in [-0.15, -0.1) is 0 Å². The standard InChI is InChI=1S/C8H11F2NO3.C6H9F2NO2/c1-5(12)11-4-8(9,10)3-6(11)7(13)14-2;1-11-5(10)4-2-6(7,8)3-9-4/h6H,3-4H2,1-2H3;4,9H,2-3H2,1H3/t6-;4-/m00/s1. The van der Waals surface area contributed by atoms with Crippen LogP contribution in [0.2, 0.25) is 0 Å². The number of hydrogen-bond donors (Lipinski definition) is 1. The molecule has 0 saturated carbocycles. The Morgan fingerprint density at radius 2 is 1.56 bits per heavy atom. The van der Waals surface area contributed by atoms with Crippen LogP contribution in [0.15, 0.2) is 0 Å². The van der Waals surface area contributed by atoms with Crippen molar-refractivity contribution in [3.8, 4) is 0 Å². The van der Waals surface area contributed by atoms with Crippen molar-refractivity contribution in [3.05, 3.63) is 0 Å². The van der Waals surface area contributed by atoms with Crippen LogP contribution < -0.4 is 5.32 Å². The zero-order valence-electron chi connectivity index (χ0n) is 14.0. The van der Waals surface area contributed by atoms with E-state index in [9.17, 15) is 31.9 Å². The fourth-order valence-electron chi connectivity index (χ4n) is 2.52. The largest absolute Gasteiger partial charge is 0.468 e. The van der Waals surface area contributed by atoms with Crippen LogP contribution >= 0.6 is 0 Å². The molecule has 0 bridgehead atoms. The summed E-state index contributed by atoms with van der Waals surface area (Å²) >= 11 is 0. The number of halogens is 4. The summed E-state index contributed by atoms with van der Waals surface area (Å²) in [5, 5.41) is 2.37. The molecule has 2 rings (SSSR count). The topological polar surface area (TPSA) is 84.9 Å². The van der Waals surface area contributed by atoms with E-state index in [4.69, 9.17) is 0 Å². The Morgan fingerprint density at radius 3 is 1.96 bits per heavy atom. The van der Waals surface area contributed by atoms with Gasteiger partial charge in [-0.05, 0) is 0 Å². The molecule has 1 amide bonds. The number of alkyl halides is 4.